The van der Waals surface area contributed by atoms with Crippen LogP contribution in [0.5, 0.6) is 5.75 Å². The van der Waals surface area contributed by atoms with Gasteiger partial charge in [0.1, 0.15) is 18.2 Å². The summed E-state index contributed by atoms with van der Waals surface area (Å²) >= 11 is 6.13. The molecule has 2 aromatic carbocycles. The molecular formula is C18H19ClF2N2O3. The first-order chi connectivity index (χ1) is 12.5. The zero-order chi connectivity index (χ0) is 18.9. The van der Waals surface area contributed by atoms with Crippen molar-refractivity contribution in [3.63, 3.8) is 0 Å². The number of rotatable bonds is 9. The molecule has 0 radical (unpaired) electrons. The van der Waals surface area contributed by atoms with Crippen molar-refractivity contribution >= 4 is 28.9 Å². The molecule has 0 saturated heterocycles. The second kappa shape index (κ2) is 9.94. The molecule has 0 spiro atoms. The van der Waals surface area contributed by atoms with Crippen LogP contribution in [0.3, 0.4) is 0 Å². The number of nitrogens with one attached hydrogen (secondary N) is 2. The lowest BCUT2D eigenvalue weighted by atomic mass is 10.2. The van der Waals surface area contributed by atoms with E-state index in [0.717, 1.165) is 12.1 Å². The number of benzene rings is 2. The van der Waals surface area contributed by atoms with Crippen molar-refractivity contribution in [1.82, 2.24) is 0 Å². The molecule has 0 unspecified atom stereocenters. The number of amides is 1. The maximum absolute atomic E-state index is 13.6. The van der Waals surface area contributed by atoms with Crippen molar-refractivity contribution in [1.29, 1.82) is 0 Å². The van der Waals surface area contributed by atoms with Crippen molar-refractivity contribution < 1.29 is 23.0 Å². The molecule has 0 aliphatic carbocycles. The normalized spacial score (nSPS) is 10.5. The first kappa shape index (κ1) is 19.9. The van der Waals surface area contributed by atoms with Crippen molar-refractivity contribution in [3.8, 4) is 5.75 Å². The summed E-state index contributed by atoms with van der Waals surface area (Å²) in [5, 5.41) is 5.64. The van der Waals surface area contributed by atoms with Gasteiger partial charge in [-0.05, 0) is 31.2 Å². The molecule has 0 saturated carbocycles. The molecule has 5 nitrogen and oxygen atoms in total. The smallest absolute Gasteiger partial charge is 0.243 e. The fourth-order valence-corrected chi connectivity index (χ4v) is 2.33. The molecule has 1 amide bonds. The fourth-order valence-electron chi connectivity index (χ4n) is 2.10. The zero-order valence-corrected chi connectivity index (χ0v) is 14.9. The largest absolute Gasteiger partial charge is 0.487 e. The zero-order valence-electron chi connectivity index (χ0n) is 14.2. The van der Waals surface area contributed by atoms with Crippen molar-refractivity contribution in [2.75, 3.05) is 37.0 Å². The Hall–Kier alpha value is -2.38. The van der Waals surface area contributed by atoms with E-state index in [2.05, 4.69) is 10.6 Å². The lowest BCUT2D eigenvalue weighted by Crippen LogP contribution is -2.22. The molecule has 2 rings (SSSR count). The summed E-state index contributed by atoms with van der Waals surface area (Å²) < 4.78 is 37.3. The molecule has 0 aromatic heterocycles. The number of para-hydroxylation sites is 1. The first-order valence-corrected chi connectivity index (χ1v) is 8.37. The Morgan fingerprint density at radius 1 is 1.15 bits per heavy atom. The Morgan fingerprint density at radius 2 is 1.96 bits per heavy atom. The summed E-state index contributed by atoms with van der Waals surface area (Å²) in [6.07, 6.45) is 0. The van der Waals surface area contributed by atoms with Crippen LogP contribution in [0, 0.1) is 11.6 Å². The van der Waals surface area contributed by atoms with Crippen LogP contribution in [0.1, 0.15) is 6.92 Å². The standard InChI is InChI=1S/C18H19ClF2N2O3/c1-2-25-8-9-26-18-13(19)4-3-5-16(18)22-11-17(24)23-15-7-6-12(20)10-14(15)21/h3-7,10,22H,2,8-9,11H2,1H3,(H,23,24). The van der Waals surface area contributed by atoms with Crippen LogP contribution in [-0.4, -0.2) is 32.3 Å². The third-order valence-electron chi connectivity index (χ3n) is 3.29. The van der Waals surface area contributed by atoms with Gasteiger partial charge in [-0.3, -0.25) is 4.79 Å². The summed E-state index contributed by atoms with van der Waals surface area (Å²) in [6.45, 7) is 3.02. The Labute approximate surface area is 155 Å². The highest BCUT2D eigenvalue weighted by Gasteiger charge is 2.12. The van der Waals surface area contributed by atoms with E-state index >= 15 is 0 Å². The number of hydrogen-bond acceptors (Lipinski definition) is 4. The third-order valence-corrected chi connectivity index (χ3v) is 3.59. The van der Waals surface area contributed by atoms with Gasteiger partial charge in [-0.1, -0.05) is 17.7 Å². The Bertz CT molecular complexity index is 759. The van der Waals surface area contributed by atoms with Gasteiger partial charge in [-0.2, -0.15) is 0 Å². The highest BCUT2D eigenvalue weighted by molar-refractivity contribution is 6.32. The molecular weight excluding hydrogens is 366 g/mol. The number of carbonyl (C=O) groups is 1. The first-order valence-electron chi connectivity index (χ1n) is 7.99. The minimum Gasteiger partial charge on any atom is -0.487 e. The molecule has 0 fully saturated rings. The van der Waals surface area contributed by atoms with Gasteiger partial charge >= 0.3 is 0 Å². The second-order valence-electron chi connectivity index (χ2n) is 5.19. The van der Waals surface area contributed by atoms with E-state index in [1.165, 1.54) is 0 Å². The van der Waals surface area contributed by atoms with Gasteiger partial charge in [-0.25, -0.2) is 8.78 Å². The van der Waals surface area contributed by atoms with Crippen molar-refractivity contribution in [2.24, 2.45) is 0 Å². The lowest BCUT2D eigenvalue weighted by molar-refractivity contribution is -0.114. The molecule has 2 aromatic rings. The molecule has 0 aliphatic heterocycles. The molecule has 140 valence electrons. The van der Waals surface area contributed by atoms with E-state index in [0.29, 0.717) is 42.3 Å². The van der Waals surface area contributed by atoms with E-state index in [-0.39, 0.29) is 12.2 Å². The van der Waals surface area contributed by atoms with Crippen molar-refractivity contribution in [2.45, 2.75) is 6.92 Å². The van der Waals surface area contributed by atoms with E-state index in [1.807, 2.05) is 6.92 Å². The minimum absolute atomic E-state index is 0.0996. The SMILES string of the molecule is CCOCCOc1c(Cl)cccc1NCC(=O)Nc1ccc(F)cc1F. The van der Waals surface area contributed by atoms with Gasteiger partial charge in [0.05, 0.1) is 29.5 Å². The van der Waals surface area contributed by atoms with Gasteiger partial charge in [0.15, 0.2) is 5.75 Å². The van der Waals surface area contributed by atoms with Gasteiger partial charge in [0.25, 0.3) is 0 Å². The average Bonchev–Trinajstić information content (AvgIpc) is 2.61. The minimum atomic E-state index is -0.846. The Balaban J connectivity index is 1.95. The predicted octanol–water partition coefficient (Wildman–Crippen LogP) is 4.08. The number of ether oxygens (including phenoxy) is 2. The maximum Gasteiger partial charge on any atom is 0.243 e. The number of halogens is 3. The highest BCUT2D eigenvalue weighted by Crippen LogP contribution is 2.32. The van der Waals surface area contributed by atoms with Crippen LogP contribution in [0.2, 0.25) is 5.02 Å². The van der Waals surface area contributed by atoms with E-state index < -0.39 is 17.5 Å². The molecule has 2 N–H and O–H groups in total. The third kappa shape index (κ3) is 5.86. The average molecular weight is 385 g/mol. The van der Waals surface area contributed by atoms with Crippen LogP contribution < -0.4 is 15.4 Å². The van der Waals surface area contributed by atoms with Gasteiger partial charge in [-0.15, -0.1) is 0 Å². The van der Waals surface area contributed by atoms with E-state index in [9.17, 15) is 13.6 Å². The number of hydrogen-bond donors (Lipinski definition) is 2. The molecule has 0 atom stereocenters. The molecule has 0 aliphatic rings. The second-order valence-corrected chi connectivity index (χ2v) is 5.60. The summed E-state index contributed by atoms with van der Waals surface area (Å²) in [6, 6.07) is 7.99. The monoisotopic (exact) mass is 384 g/mol. The number of carbonyl (C=O) groups excluding carboxylic acids is 1. The van der Waals surface area contributed by atoms with E-state index in [4.69, 9.17) is 21.1 Å². The molecule has 26 heavy (non-hydrogen) atoms. The van der Waals surface area contributed by atoms with Gasteiger partial charge in [0, 0.05) is 12.7 Å². The van der Waals surface area contributed by atoms with Crippen LogP contribution in [-0.2, 0) is 9.53 Å². The summed E-state index contributed by atoms with van der Waals surface area (Å²) in [5.41, 5.74) is 0.418. The summed E-state index contributed by atoms with van der Waals surface area (Å²) in [4.78, 5) is 12.0. The Kier molecular flexibility index (Phi) is 7.62. The van der Waals surface area contributed by atoms with Gasteiger partial charge in [0.2, 0.25) is 5.91 Å². The fraction of sp³-hybridized carbons (Fsp3) is 0.278. The Morgan fingerprint density at radius 3 is 2.69 bits per heavy atom. The van der Waals surface area contributed by atoms with Crippen LogP contribution in [0.4, 0.5) is 20.2 Å². The molecule has 0 bridgehead atoms. The lowest BCUT2D eigenvalue weighted by Gasteiger charge is -2.15. The quantitative estimate of drug-likeness (QED) is 0.639. The summed E-state index contributed by atoms with van der Waals surface area (Å²) in [7, 11) is 0. The molecule has 0 heterocycles. The highest BCUT2D eigenvalue weighted by atomic mass is 35.5. The topological polar surface area (TPSA) is 59.6 Å². The van der Waals surface area contributed by atoms with Crippen LogP contribution >= 0.6 is 11.6 Å². The molecule has 8 heteroatoms. The van der Waals surface area contributed by atoms with Crippen LogP contribution in [0.15, 0.2) is 36.4 Å². The van der Waals surface area contributed by atoms with Crippen LogP contribution in [0.25, 0.3) is 0 Å². The van der Waals surface area contributed by atoms with Crippen molar-refractivity contribution in [3.05, 3.63) is 53.1 Å². The van der Waals surface area contributed by atoms with Gasteiger partial charge < -0.3 is 20.1 Å². The summed E-state index contributed by atoms with van der Waals surface area (Å²) in [5.74, 6) is -1.67. The van der Waals surface area contributed by atoms with E-state index in [1.54, 1.807) is 18.2 Å². The predicted molar refractivity (Wildman–Crippen MR) is 96.9 cm³/mol. The number of anilines is 2. The maximum atomic E-state index is 13.6.